The van der Waals surface area contributed by atoms with Crippen molar-refractivity contribution in [1.29, 1.82) is 0 Å². The molecular formula is C14H19N3. The summed E-state index contributed by atoms with van der Waals surface area (Å²) in [5.74, 6) is 1.10. The van der Waals surface area contributed by atoms with Crippen molar-refractivity contribution in [3.8, 4) is 5.69 Å². The average molecular weight is 229 g/mol. The second-order valence-electron chi connectivity index (χ2n) is 4.21. The number of aryl methyl sites for hydroxylation is 2. The summed E-state index contributed by atoms with van der Waals surface area (Å²) in [5, 5.41) is 3.18. The highest BCUT2D eigenvalue weighted by molar-refractivity contribution is 5.41. The Morgan fingerprint density at radius 2 is 2.18 bits per heavy atom. The minimum atomic E-state index is 0.913. The lowest BCUT2D eigenvalue weighted by Crippen LogP contribution is -2.07. The fraction of sp³-hybridized carbons (Fsp3) is 0.357. The van der Waals surface area contributed by atoms with Crippen molar-refractivity contribution < 1.29 is 0 Å². The number of nitrogens with one attached hydrogen (secondary N) is 1. The molecule has 1 aromatic carbocycles. The van der Waals surface area contributed by atoms with Crippen LogP contribution in [0.4, 0.5) is 0 Å². The molecule has 0 radical (unpaired) electrons. The minimum absolute atomic E-state index is 0.913. The SMILES string of the molecule is CCc1nccn1-c1ccc(CNC)c(C)c1. The molecule has 3 heteroatoms. The van der Waals surface area contributed by atoms with E-state index in [1.807, 2.05) is 19.4 Å². The van der Waals surface area contributed by atoms with Gasteiger partial charge in [-0.25, -0.2) is 4.98 Å². The fourth-order valence-electron chi connectivity index (χ4n) is 2.05. The Hall–Kier alpha value is -1.61. The zero-order chi connectivity index (χ0) is 12.3. The van der Waals surface area contributed by atoms with Crippen molar-refractivity contribution in [2.24, 2.45) is 0 Å². The number of hydrogen-bond donors (Lipinski definition) is 1. The van der Waals surface area contributed by atoms with Gasteiger partial charge in [0.2, 0.25) is 0 Å². The summed E-state index contributed by atoms with van der Waals surface area (Å²) in [6, 6.07) is 6.55. The van der Waals surface area contributed by atoms with E-state index in [9.17, 15) is 0 Å². The summed E-state index contributed by atoms with van der Waals surface area (Å²) >= 11 is 0. The highest BCUT2D eigenvalue weighted by Gasteiger charge is 2.04. The van der Waals surface area contributed by atoms with E-state index in [2.05, 4.69) is 46.9 Å². The highest BCUT2D eigenvalue weighted by atomic mass is 15.1. The summed E-state index contributed by atoms with van der Waals surface area (Å²) in [7, 11) is 1.97. The van der Waals surface area contributed by atoms with E-state index in [0.717, 1.165) is 18.8 Å². The largest absolute Gasteiger partial charge is 0.316 e. The highest BCUT2D eigenvalue weighted by Crippen LogP contribution is 2.16. The predicted octanol–water partition coefficient (Wildman–Crippen LogP) is 2.46. The molecule has 1 heterocycles. The molecule has 0 aliphatic heterocycles. The van der Waals surface area contributed by atoms with Gasteiger partial charge in [0.25, 0.3) is 0 Å². The average Bonchev–Trinajstić information content (AvgIpc) is 2.80. The lowest BCUT2D eigenvalue weighted by Gasteiger charge is -2.10. The number of nitrogens with zero attached hydrogens (tertiary/aromatic N) is 2. The molecule has 0 saturated heterocycles. The molecule has 90 valence electrons. The van der Waals surface area contributed by atoms with Crippen LogP contribution in [0.2, 0.25) is 0 Å². The van der Waals surface area contributed by atoms with E-state index in [0.29, 0.717) is 0 Å². The molecule has 17 heavy (non-hydrogen) atoms. The smallest absolute Gasteiger partial charge is 0.112 e. The first kappa shape index (κ1) is 11.9. The summed E-state index contributed by atoms with van der Waals surface area (Å²) in [6.45, 7) is 5.19. The Morgan fingerprint density at radius 1 is 1.35 bits per heavy atom. The molecular weight excluding hydrogens is 210 g/mol. The Labute approximate surface area is 103 Å². The summed E-state index contributed by atoms with van der Waals surface area (Å²) < 4.78 is 2.15. The molecule has 0 aliphatic rings. The summed E-state index contributed by atoms with van der Waals surface area (Å²) in [5.41, 5.74) is 3.85. The maximum absolute atomic E-state index is 4.35. The van der Waals surface area contributed by atoms with Crippen LogP contribution in [0.1, 0.15) is 23.9 Å². The van der Waals surface area contributed by atoms with Gasteiger partial charge in [0.15, 0.2) is 0 Å². The molecule has 0 bridgehead atoms. The standard InChI is InChI=1S/C14H19N3/c1-4-14-16-7-8-17(14)13-6-5-12(10-15-3)11(2)9-13/h5-9,15H,4,10H2,1-3H3. The van der Waals surface area contributed by atoms with Crippen molar-refractivity contribution in [3.05, 3.63) is 47.5 Å². The number of imidazole rings is 1. The van der Waals surface area contributed by atoms with Gasteiger partial charge < -0.3 is 9.88 Å². The first-order valence-corrected chi connectivity index (χ1v) is 6.03. The van der Waals surface area contributed by atoms with Crippen LogP contribution in [0, 0.1) is 6.92 Å². The van der Waals surface area contributed by atoms with Crippen LogP contribution in [0.3, 0.4) is 0 Å². The fourth-order valence-corrected chi connectivity index (χ4v) is 2.05. The Balaban J connectivity index is 2.37. The normalized spacial score (nSPS) is 10.8. The molecule has 0 saturated carbocycles. The van der Waals surface area contributed by atoms with Crippen LogP contribution in [0.15, 0.2) is 30.6 Å². The maximum Gasteiger partial charge on any atom is 0.112 e. The molecule has 3 nitrogen and oxygen atoms in total. The van der Waals surface area contributed by atoms with Gasteiger partial charge in [-0.1, -0.05) is 13.0 Å². The molecule has 0 aliphatic carbocycles. The van der Waals surface area contributed by atoms with Gasteiger partial charge >= 0.3 is 0 Å². The van der Waals surface area contributed by atoms with Gasteiger partial charge in [-0.05, 0) is 37.2 Å². The van der Waals surface area contributed by atoms with Gasteiger partial charge in [0.05, 0.1) is 0 Å². The lowest BCUT2D eigenvalue weighted by atomic mass is 10.1. The van der Waals surface area contributed by atoms with Crippen molar-refractivity contribution in [1.82, 2.24) is 14.9 Å². The molecule has 2 aromatic rings. The van der Waals surface area contributed by atoms with E-state index in [-0.39, 0.29) is 0 Å². The van der Waals surface area contributed by atoms with E-state index in [4.69, 9.17) is 0 Å². The Morgan fingerprint density at radius 3 is 2.82 bits per heavy atom. The van der Waals surface area contributed by atoms with Gasteiger partial charge in [0.1, 0.15) is 5.82 Å². The Bertz CT molecular complexity index is 500. The number of benzene rings is 1. The molecule has 0 fully saturated rings. The van der Waals surface area contributed by atoms with E-state index in [1.54, 1.807) is 0 Å². The van der Waals surface area contributed by atoms with Gasteiger partial charge in [0, 0.05) is 31.0 Å². The molecule has 1 aromatic heterocycles. The summed E-state index contributed by atoms with van der Waals surface area (Å²) in [6.07, 6.45) is 4.82. The first-order valence-electron chi connectivity index (χ1n) is 6.03. The zero-order valence-electron chi connectivity index (χ0n) is 10.7. The van der Waals surface area contributed by atoms with E-state index in [1.165, 1.54) is 16.8 Å². The predicted molar refractivity (Wildman–Crippen MR) is 70.4 cm³/mol. The molecule has 0 atom stereocenters. The van der Waals surface area contributed by atoms with Gasteiger partial charge in [-0.2, -0.15) is 0 Å². The molecule has 1 N–H and O–H groups in total. The maximum atomic E-state index is 4.35. The number of hydrogen-bond acceptors (Lipinski definition) is 2. The van der Waals surface area contributed by atoms with Gasteiger partial charge in [-0.3, -0.25) is 0 Å². The van der Waals surface area contributed by atoms with Crippen LogP contribution >= 0.6 is 0 Å². The number of rotatable bonds is 4. The van der Waals surface area contributed by atoms with Crippen LogP contribution in [-0.4, -0.2) is 16.6 Å². The summed E-state index contributed by atoms with van der Waals surface area (Å²) in [4.78, 5) is 4.35. The van der Waals surface area contributed by atoms with Crippen molar-refractivity contribution in [3.63, 3.8) is 0 Å². The second-order valence-corrected chi connectivity index (χ2v) is 4.21. The van der Waals surface area contributed by atoms with E-state index < -0.39 is 0 Å². The van der Waals surface area contributed by atoms with Crippen molar-refractivity contribution >= 4 is 0 Å². The third-order valence-electron chi connectivity index (χ3n) is 3.01. The molecule has 0 spiro atoms. The number of aromatic nitrogens is 2. The molecule has 0 amide bonds. The van der Waals surface area contributed by atoms with Crippen molar-refractivity contribution in [2.45, 2.75) is 26.8 Å². The van der Waals surface area contributed by atoms with Gasteiger partial charge in [-0.15, -0.1) is 0 Å². The Kier molecular flexibility index (Phi) is 3.59. The topological polar surface area (TPSA) is 29.9 Å². The third kappa shape index (κ3) is 2.39. The lowest BCUT2D eigenvalue weighted by molar-refractivity contribution is 0.810. The first-order chi connectivity index (χ1) is 8.26. The van der Waals surface area contributed by atoms with Crippen LogP contribution < -0.4 is 5.32 Å². The van der Waals surface area contributed by atoms with Crippen LogP contribution in [0.25, 0.3) is 5.69 Å². The second kappa shape index (κ2) is 5.15. The quantitative estimate of drug-likeness (QED) is 0.872. The van der Waals surface area contributed by atoms with Crippen molar-refractivity contribution in [2.75, 3.05) is 7.05 Å². The molecule has 2 rings (SSSR count). The monoisotopic (exact) mass is 229 g/mol. The molecule has 0 unspecified atom stereocenters. The van der Waals surface area contributed by atoms with E-state index >= 15 is 0 Å². The third-order valence-corrected chi connectivity index (χ3v) is 3.01. The zero-order valence-corrected chi connectivity index (χ0v) is 10.7. The van der Waals surface area contributed by atoms with Crippen LogP contribution in [0.5, 0.6) is 0 Å². The van der Waals surface area contributed by atoms with Crippen LogP contribution in [-0.2, 0) is 13.0 Å². The minimum Gasteiger partial charge on any atom is -0.316 e.